The summed E-state index contributed by atoms with van der Waals surface area (Å²) in [6, 6.07) is 4.68. The van der Waals surface area contributed by atoms with Crippen molar-refractivity contribution in [1.82, 2.24) is 14.7 Å². The Morgan fingerprint density at radius 3 is 2.63 bits per heavy atom. The van der Waals surface area contributed by atoms with Gasteiger partial charge < -0.3 is 4.74 Å². The quantitative estimate of drug-likeness (QED) is 0.746. The second kappa shape index (κ2) is 8.23. The number of sulfonamides is 1. The minimum Gasteiger partial charge on any atom is -0.435 e. The molecule has 1 N–H and O–H groups in total. The van der Waals surface area contributed by atoms with Gasteiger partial charge in [-0.05, 0) is 56.0 Å². The molecule has 4 rings (SSSR count). The van der Waals surface area contributed by atoms with Crippen molar-refractivity contribution in [3.8, 4) is 5.75 Å². The van der Waals surface area contributed by atoms with Crippen LogP contribution >= 0.6 is 0 Å². The van der Waals surface area contributed by atoms with Crippen molar-refractivity contribution in [3.63, 3.8) is 0 Å². The molecule has 0 saturated carbocycles. The maximum absolute atomic E-state index is 12.6. The number of halogens is 2. The second-order valence-electron chi connectivity index (χ2n) is 7.42. The van der Waals surface area contributed by atoms with Crippen molar-refractivity contribution in [2.75, 3.05) is 0 Å². The molecule has 0 bridgehead atoms. The van der Waals surface area contributed by atoms with E-state index in [0.717, 1.165) is 28.9 Å². The van der Waals surface area contributed by atoms with Crippen LogP contribution in [0.4, 0.5) is 8.78 Å². The molecule has 1 aromatic heterocycles. The topological polar surface area (TPSA) is 81.2 Å². The molecule has 2 aromatic rings. The van der Waals surface area contributed by atoms with Gasteiger partial charge in [-0.3, -0.25) is 0 Å². The predicted molar refractivity (Wildman–Crippen MR) is 108 cm³/mol. The number of nitrogens with zero attached hydrogens (tertiary/aromatic N) is 2. The lowest BCUT2D eigenvalue weighted by atomic mass is 9.92. The smallest absolute Gasteiger partial charge is 0.387 e. The Kier molecular flexibility index (Phi) is 5.66. The van der Waals surface area contributed by atoms with E-state index in [0.29, 0.717) is 19.3 Å². The SMILES string of the molecule is CC1=Cc2c(ncnc2C2=CCC(NS(=O)(=O)c3ccc(OC(F)F)cc3)CC2)C1. The van der Waals surface area contributed by atoms with Gasteiger partial charge in [-0.25, -0.2) is 23.1 Å². The fraction of sp³-hybridized carbons (Fsp3) is 0.333. The Hall–Kier alpha value is -2.65. The van der Waals surface area contributed by atoms with Crippen LogP contribution in [0.2, 0.25) is 0 Å². The zero-order valence-electron chi connectivity index (χ0n) is 16.3. The Balaban J connectivity index is 1.44. The normalized spacial score (nSPS) is 18.7. The molecule has 1 atom stereocenters. The van der Waals surface area contributed by atoms with E-state index in [1.807, 2.05) is 6.08 Å². The minimum atomic E-state index is -3.76. The van der Waals surface area contributed by atoms with Crippen molar-refractivity contribution in [2.45, 2.75) is 50.2 Å². The molecule has 1 heterocycles. The first kappa shape index (κ1) is 20.6. The van der Waals surface area contributed by atoms with Crippen LogP contribution in [-0.2, 0) is 16.4 Å². The molecular formula is C21H21F2N3O3S. The number of hydrogen-bond acceptors (Lipinski definition) is 5. The Bertz CT molecular complexity index is 1110. The third-order valence-corrected chi connectivity index (χ3v) is 6.74. The monoisotopic (exact) mass is 433 g/mol. The molecule has 0 saturated heterocycles. The number of allylic oxidation sites excluding steroid dienone is 2. The van der Waals surface area contributed by atoms with Crippen LogP contribution in [0.1, 0.15) is 43.1 Å². The molecule has 1 aromatic carbocycles. The van der Waals surface area contributed by atoms with Gasteiger partial charge in [0.25, 0.3) is 0 Å². The molecule has 0 spiro atoms. The summed E-state index contributed by atoms with van der Waals surface area (Å²) >= 11 is 0. The van der Waals surface area contributed by atoms with E-state index < -0.39 is 16.6 Å². The summed E-state index contributed by atoms with van der Waals surface area (Å²) in [6.07, 6.45) is 8.44. The molecule has 30 heavy (non-hydrogen) atoms. The van der Waals surface area contributed by atoms with Gasteiger partial charge in [-0.1, -0.05) is 17.7 Å². The van der Waals surface area contributed by atoms with Crippen LogP contribution in [0.25, 0.3) is 11.6 Å². The molecular weight excluding hydrogens is 412 g/mol. The summed E-state index contributed by atoms with van der Waals surface area (Å²) in [7, 11) is -3.76. The summed E-state index contributed by atoms with van der Waals surface area (Å²) < 4.78 is 56.7. The Morgan fingerprint density at radius 2 is 1.97 bits per heavy atom. The lowest BCUT2D eigenvalue weighted by Crippen LogP contribution is -2.35. The number of rotatable bonds is 6. The van der Waals surface area contributed by atoms with Crippen molar-refractivity contribution in [2.24, 2.45) is 0 Å². The van der Waals surface area contributed by atoms with E-state index in [1.54, 1.807) is 6.33 Å². The molecule has 2 aliphatic carbocycles. The van der Waals surface area contributed by atoms with Crippen molar-refractivity contribution < 1.29 is 21.9 Å². The van der Waals surface area contributed by atoms with E-state index in [2.05, 4.69) is 32.4 Å². The summed E-state index contributed by atoms with van der Waals surface area (Å²) in [6.45, 7) is -0.887. The van der Waals surface area contributed by atoms with Gasteiger partial charge in [0.15, 0.2) is 0 Å². The highest BCUT2D eigenvalue weighted by atomic mass is 32.2. The summed E-state index contributed by atoms with van der Waals surface area (Å²) in [4.78, 5) is 8.82. The zero-order valence-corrected chi connectivity index (χ0v) is 17.1. The molecule has 0 aliphatic heterocycles. The fourth-order valence-electron chi connectivity index (χ4n) is 3.79. The van der Waals surface area contributed by atoms with Crippen LogP contribution in [0, 0.1) is 0 Å². The van der Waals surface area contributed by atoms with Gasteiger partial charge in [-0.2, -0.15) is 8.78 Å². The fourth-order valence-corrected chi connectivity index (χ4v) is 5.07. The van der Waals surface area contributed by atoms with Gasteiger partial charge >= 0.3 is 6.61 Å². The summed E-state index contributed by atoms with van der Waals surface area (Å²) in [5, 5.41) is 0. The summed E-state index contributed by atoms with van der Waals surface area (Å²) in [5.41, 5.74) is 5.36. The highest BCUT2D eigenvalue weighted by Crippen LogP contribution is 2.33. The third-order valence-electron chi connectivity index (χ3n) is 5.20. The van der Waals surface area contributed by atoms with Crippen LogP contribution in [0.5, 0.6) is 5.75 Å². The highest BCUT2D eigenvalue weighted by molar-refractivity contribution is 7.89. The lowest BCUT2D eigenvalue weighted by molar-refractivity contribution is -0.0498. The minimum absolute atomic E-state index is 0.00752. The lowest BCUT2D eigenvalue weighted by Gasteiger charge is -2.23. The molecule has 6 nitrogen and oxygen atoms in total. The van der Waals surface area contributed by atoms with E-state index >= 15 is 0 Å². The van der Waals surface area contributed by atoms with Crippen molar-refractivity contribution in [1.29, 1.82) is 0 Å². The largest absolute Gasteiger partial charge is 0.435 e. The van der Waals surface area contributed by atoms with Gasteiger partial charge in [0.1, 0.15) is 12.1 Å². The number of fused-ring (bicyclic) bond motifs is 1. The average Bonchev–Trinajstić information content (AvgIpc) is 3.08. The number of aromatic nitrogens is 2. The van der Waals surface area contributed by atoms with Gasteiger partial charge in [0.05, 0.1) is 16.3 Å². The molecule has 0 fully saturated rings. The zero-order chi connectivity index (χ0) is 21.3. The second-order valence-corrected chi connectivity index (χ2v) is 9.14. The number of benzene rings is 1. The maximum Gasteiger partial charge on any atom is 0.387 e. The first-order valence-electron chi connectivity index (χ1n) is 9.59. The van der Waals surface area contributed by atoms with Crippen LogP contribution < -0.4 is 9.46 Å². The number of alkyl halides is 2. The molecule has 2 aliphatic rings. The Labute approximate surface area is 173 Å². The first-order chi connectivity index (χ1) is 14.3. The van der Waals surface area contributed by atoms with Crippen molar-refractivity contribution >= 4 is 21.7 Å². The molecule has 0 amide bonds. The van der Waals surface area contributed by atoms with Crippen molar-refractivity contribution in [3.05, 3.63) is 59.2 Å². The number of nitrogens with one attached hydrogen (secondary N) is 1. The molecule has 1 unspecified atom stereocenters. The van der Waals surface area contributed by atoms with Crippen LogP contribution in [0.3, 0.4) is 0 Å². The standard InChI is InChI=1S/C21H21F2N3O3S/c1-13-10-18-19(11-13)24-12-25-20(18)14-2-4-15(5-3-14)26-30(27,28)17-8-6-16(7-9-17)29-21(22)23/h2,6-10,12,15,21,26H,3-5,11H2,1H3. The number of hydrogen-bond donors (Lipinski definition) is 1. The highest BCUT2D eigenvalue weighted by Gasteiger charge is 2.25. The molecule has 9 heteroatoms. The average molecular weight is 433 g/mol. The van der Waals surface area contributed by atoms with E-state index in [1.165, 1.54) is 29.8 Å². The van der Waals surface area contributed by atoms with Crippen LogP contribution in [0.15, 0.2) is 47.1 Å². The maximum atomic E-state index is 12.6. The predicted octanol–water partition coefficient (Wildman–Crippen LogP) is 3.95. The molecule has 158 valence electrons. The van der Waals surface area contributed by atoms with Gasteiger partial charge in [0.2, 0.25) is 10.0 Å². The Morgan fingerprint density at radius 1 is 1.20 bits per heavy atom. The van der Waals surface area contributed by atoms with Crippen LogP contribution in [-0.4, -0.2) is 31.0 Å². The summed E-state index contributed by atoms with van der Waals surface area (Å²) in [5.74, 6) is -0.0872. The van der Waals surface area contributed by atoms with E-state index in [-0.39, 0.29) is 16.7 Å². The third kappa shape index (κ3) is 4.41. The van der Waals surface area contributed by atoms with E-state index in [4.69, 9.17) is 0 Å². The number of ether oxygens (including phenoxy) is 1. The van der Waals surface area contributed by atoms with E-state index in [9.17, 15) is 17.2 Å². The molecule has 0 radical (unpaired) electrons. The first-order valence-corrected chi connectivity index (χ1v) is 11.1. The van der Waals surface area contributed by atoms with Gasteiger partial charge in [0, 0.05) is 18.0 Å². The van der Waals surface area contributed by atoms with Gasteiger partial charge in [-0.15, -0.1) is 0 Å².